The van der Waals surface area contributed by atoms with E-state index in [9.17, 15) is 18.0 Å². The van der Waals surface area contributed by atoms with Crippen molar-refractivity contribution in [2.24, 2.45) is 0 Å². The van der Waals surface area contributed by atoms with Crippen LogP contribution in [0.2, 0.25) is 0 Å². The monoisotopic (exact) mass is 462 g/mol. The summed E-state index contributed by atoms with van der Waals surface area (Å²) in [5.41, 5.74) is 1.60. The van der Waals surface area contributed by atoms with Crippen molar-refractivity contribution in [2.45, 2.75) is 44.4 Å². The number of hydrogen-bond donors (Lipinski definition) is 3. The number of sulfonamides is 1. The van der Waals surface area contributed by atoms with Crippen LogP contribution in [0.3, 0.4) is 0 Å². The van der Waals surface area contributed by atoms with Gasteiger partial charge < -0.3 is 19.9 Å². The van der Waals surface area contributed by atoms with Gasteiger partial charge in [-0.2, -0.15) is 0 Å². The number of H-pyrrole nitrogens is 1. The highest BCUT2D eigenvalue weighted by atomic mass is 32.2. The smallest absolute Gasteiger partial charge is 0.257 e. The summed E-state index contributed by atoms with van der Waals surface area (Å²) in [5.74, 6) is -0.120. The average Bonchev–Trinajstić information content (AvgIpc) is 3.08. The highest BCUT2D eigenvalue weighted by Crippen LogP contribution is 2.26. The predicted molar refractivity (Wildman–Crippen MR) is 121 cm³/mol. The number of aryl methyl sites for hydroxylation is 2. The number of benzene rings is 1. The first-order valence-electron chi connectivity index (χ1n) is 10.7. The number of carbonyl (C=O) groups excluding carboxylic acids is 2. The topological polar surface area (TPSA) is 121 Å². The maximum absolute atomic E-state index is 13.1. The van der Waals surface area contributed by atoms with Crippen molar-refractivity contribution < 1.29 is 22.7 Å². The number of likely N-dealkylation sites (tertiary alicyclic amines) is 1. The molecule has 10 heteroatoms. The van der Waals surface area contributed by atoms with Gasteiger partial charge in [-0.05, 0) is 45.2 Å². The standard InChI is InChI=1S/C22H30N4O5S/c1-15-20(22(28)26-13-7-4-8-14-26)21(16(2)24-15)32(29,30)23-12-11-19(27)25-17-9-5-6-10-18(17)31-3/h5-6,9-10,23-24H,4,7-8,11-14H2,1-3H3,(H,25,27). The molecular formula is C22H30N4O5S. The average molecular weight is 463 g/mol. The van der Waals surface area contributed by atoms with Crippen molar-refractivity contribution in [1.29, 1.82) is 0 Å². The molecule has 3 N–H and O–H groups in total. The summed E-state index contributed by atoms with van der Waals surface area (Å²) in [6, 6.07) is 6.97. The van der Waals surface area contributed by atoms with Gasteiger partial charge in [0, 0.05) is 37.4 Å². The van der Waals surface area contributed by atoms with Crippen molar-refractivity contribution in [3.63, 3.8) is 0 Å². The molecule has 0 unspecified atom stereocenters. The Morgan fingerprint density at radius 3 is 2.47 bits per heavy atom. The first-order valence-corrected chi connectivity index (χ1v) is 12.1. The number of anilines is 1. The molecule has 0 radical (unpaired) electrons. The van der Waals surface area contributed by atoms with Crippen LogP contribution in [0.25, 0.3) is 0 Å². The Morgan fingerprint density at radius 2 is 1.78 bits per heavy atom. The van der Waals surface area contributed by atoms with Crippen LogP contribution < -0.4 is 14.8 Å². The maximum Gasteiger partial charge on any atom is 0.257 e. The third-order valence-corrected chi connectivity index (χ3v) is 7.10. The van der Waals surface area contributed by atoms with Gasteiger partial charge in [0.15, 0.2) is 0 Å². The molecule has 32 heavy (non-hydrogen) atoms. The summed E-state index contributed by atoms with van der Waals surface area (Å²) in [7, 11) is -2.50. The molecule has 3 rings (SSSR count). The second kappa shape index (κ2) is 10.2. The number of methoxy groups -OCH3 is 1. The lowest BCUT2D eigenvalue weighted by molar-refractivity contribution is -0.116. The number of nitrogens with zero attached hydrogens (tertiary/aromatic N) is 1. The minimum atomic E-state index is -4.00. The molecule has 1 aliphatic heterocycles. The van der Waals surface area contributed by atoms with Crippen LogP contribution in [0.4, 0.5) is 5.69 Å². The molecule has 0 atom stereocenters. The van der Waals surface area contributed by atoms with Crippen molar-refractivity contribution in [3.8, 4) is 5.75 Å². The molecule has 0 spiro atoms. The Kier molecular flexibility index (Phi) is 7.57. The second-order valence-corrected chi connectivity index (χ2v) is 9.53. The van der Waals surface area contributed by atoms with Gasteiger partial charge in [-0.15, -0.1) is 0 Å². The van der Waals surface area contributed by atoms with Gasteiger partial charge in [0.25, 0.3) is 5.91 Å². The molecule has 174 valence electrons. The van der Waals surface area contributed by atoms with Crippen LogP contribution in [-0.2, 0) is 14.8 Å². The normalized spacial score (nSPS) is 14.3. The van der Waals surface area contributed by atoms with E-state index in [1.807, 2.05) is 0 Å². The predicted octanol–water partition coefficient (Wildman–Crippen LogP) is 2.57. The van der Waals surface area contributed by atoms with Gasteiger partial charge in [0.2, 0.25) is 15.9 Å². The van der Waals surface area contributed by atoms with Gasteiger partial charge in [0.05, 0.1) is 18.4 Å². The minimum Gasteiger partial charge on any atom is -0.495 e. The molecule has 9 nitrogen and oxygen atoms in total. The maximum atomic E-state index is 13.1. The van der Waals surface area contributed by atoms with E-state index in [4.69, 9.17) is 4.74 Å². The molecule has 1 saturated heterocycles. The molecule has 1 fully saturated rings. The lowest BCUT2D eigenvalue weighted by Gasteiger charge is -2.27. The second-order valence-electron chi connectivity index (χ2n) is 7.83. The van der Waals surface area contributed by atoms with Crippen molar-refractivity contribution in [3.05, 3.63) is 41.2 Å². The van der Waals surface area contributed by atoms with E-state index in [-0.39, 0.29) is 35.2 Å². The molecule has 0 aliphatic carbocycles. The van der Waals surface area contributed by atoms with Gasteiger partial charge in [-0.3, -0.25) is 9.59 Å². The van der Waals surface area contributed by atoms with Crippen LogP contribution in [0.5, 0.6) is 5.75 Å². The fourth-order valence-electron chi connectivity index (χ4n) is 3.94. The fourth-order valence-corrected chi connectivity index (χ4v) is 5.42. The van der Waals surface area contributed by atoms with Gasteiger partial charge >= 0.3 is 0 Å². The van der Waals surface area contributed by atoms with E-state index in [0.717, 1.165) is 19.3 Å². The number of para-hydroxylation sites is 2. The number of aromatic nitrogens is 1. The van der Waals surface area contributed by atoms with Crippen LogP contribution in [0, 0.1) is 13.8 Å². The molecule has 0 bridgehead atoms. The van der Waals surface area contributed by atoms with Crippen LogP contribution in [0.1, 0.15) is 47.4 Å². The molecule has 1 aromatic carbocycles. The highest BCUT2D eigenvalue weighted by Gasteiger charge is 2.31. The Bertz CT molecular complexity index is 1090. The third-order valence-electron chi connectivity index (χ3n) is 5.47. The van der Waals surface area contributed by atoms with E-state index >= 15 is 0 Å². The van der Waals surface area contributed by atoms with Crippen molar-refractivity contribution in [1.82, 2.24) is 14.6 Å². The zero-order chi connectivity index (χ0) is 23.3. The summed E-state index contributed by atoms with van der Waals surface area (Å²) >= 11 is 0. The number of nitrogens with one attached hydrogen (secondary N) is 3. The quantitative estimate of drug-likeness (QED) is 0.557. The zero-order valence-corrected chi connectivity index (χ0v) is 19.5. The van der Waals surface area contributed by atoms with E-state index in [0.29, 0.717) is 35.9 Å². The SMILES string of the molecule is COc1ccccc1NC(=O)CCNS(=O)(=O)c1c(C)[nH]c(C)c1C(=O)N1CCCCC1. The Morgan fingerprint density at radius 1 is 1.09 bits per heavy atom. The Labute approximate surface area is 188 Å². The number of hydrogen-bond acceptors (Lipinski definition) is 5. The van der Waals surface area contributed by atoms with Gasteiger partial charge in [-0.25, -0.2) is 13.1 Å². The van der Waals surface area contributed by atoms with Gasteiger partial charge in [0.1, 0.15) is 10.6 Å². The lowest BCUT2D eigenvalue weighted by Crippen LogP contribution is -2.37. The number of aromatic amines is 1. The summed E-state index contributed by atoms with van der Waals surface area (Å²) in [6.07, 6.45) is 2.82. The van der Waals surface area contributed by atoms with Crippen LogP contribution >= 0.6 is 0 Å². The molecule has 2 heterocycles. The fraction of sp³-hybridized carbons (Fsp3) is 0.455. The lowest BCUT2D eigenvalue weighted by atomic mass is 10.1. The summed E-state index contributed by atoms with van der Waals surface area (Å²) in [5, 5.41) is 2.71. The molecule has 0 saturated carbocycles. The number of carbonyl (C=O) groups is 2. The molecule has 2 aromatic rings. The first-order chi connectivity index (χ1) is 15.2. The third kappa shape index (κ3) is 5.31. The Balaban J connectivity index is 1.69. The van der Waals surface area contributed by atoms with E-state index in [1.165, 1.54) is 7.11 Å². The van der Waals surface area contributed by atoms with Crippen LogP contribution in [-0.4, -0.2) is 56.9 Å². The molecule has 1 aromatic heterocycles. The number of amides is 2. The summed E-state index contributed by atoms with van der Waals surface area (Å²) < 4.78 is 33.8. The zero-order valence-electron chi connectivity index (χ0n) is 18.7. The molecule has 2 amide bonds. The molecule has 1 aliphatic rings. The number of piperidine rings is 1. The highest BCUT2D eigenvalue weighted by molar-refractivity contribution is 7.89. The van der Waals surface area contributed by atoms with Gasteiger partial charge in [-0.1, -0.05) is 12.1 Å². The Hall–Kier alpha value is -2.85. The number of rotatable bonds is 8. The van der Waals surface area contributed by atoms with E-state index < -0.39 is 10.0 Å². The van der Waals surface area contributed by atoms with Crippen molar-refractivity contribution in [2.75, 3.05) is 32.1 Å². The van der Waals surface area contributed by atoms with Crippen molar-refractivity contribution >= 4 is 27.5 Å². The largest absolute Gasteiger partial charge is 0.495 e. The minimum absolute atomic E-state index is 0.0456. The van der Waals surface area contributed by atoms with E-state index in [1.54, 1.807) is 43.0 Å². The first kappa shape index (κ1) is 23.8. The van der Waals surface area contributed by atoms with Crippen LogP contribution in [0.15, 0.2) is 29.2 Å². The summed E-state index contributed by atoms with van der Waals surface area (Å²) in [4.78, 5) is 30.0. The molecular weight excluding hydrogens is 432 g/mol. The summed E-state index contributed by atoms with van der Waals surface area (Å²) in [6.45, 7) is 4.47. The van der Waals surface area contributed by atoms with E-state index in [2.05, 4.69) is 15.0 Å². The number of ether oxygens (including phenoxy) is 1.